The standard InChI is InChI=1S/C21H41FN6O9/c1-28-15-10(30)3-6(34-20(15)37-21-17(32)16(31)14(27)11(5-29)35-21)2-9(25)19(33)36-18-8(24)4-7(23)13(26)12(18)22/h2,6-8,10-21,28-33H,3-5,23-27H2,1H3/b9-2-/t6-,7+,8?,10?,11?,12?,13?,14+,15?,16?,17?,18+,19+,20?,21+/m0/s1. The summed E-state index contributed by atoms with van der Waals surface area (Å²) in [7, 11) is 1.55. The molecule has 2 saturated heterocycles. The third kappa shape index (κ3) is 6.74. The van der Waals surface area contributed by atoms with Gasteiger partial charge in [-0.3, -0.25) is 0 Å². The molecular weight excluding hydrogens is 499 g/mol. The third-order valence-corrected chi connectivity index (χ3v) is 7.13. The summed E-state index contributed by atoms with van der Waals surface area (Å²) in [6.45, 7) is -0.532. The van der Waals surface area contributed by atoms with E-state index in [-0.39, 0.29) is 18.5 Å². The number of nitrogens with one attached hydrogen (secondary N) is 1. The second-order valence-corrected chi connectivity index (χ2v) is 9.79. The molecule has 0 radical (unpaired) electrons. The van der Waals surface area contributed by atoms with Gasteiger partial charge in [0.1, 0.15) is 30.6 Å². The van der Waals surface area contributed by atoms with E-state index >= 15 is 0 Å². The van der Waals surface area contributed by atoms with Crippen molar-refractivity contribution in [2.24, 2.45) is 28.7 Å². The number of hydrogen-bond acceptors (Lipinski definition) is 15. The van der Waals surface area contributed by atoms with Gasteiger partial charge in [0, 0.05) is 18.5 Å². The Hall–Kier alpha value is -1.09. The van der Waals surface area contributed by atoms with Gasteiger partial charge in [-0.25, -0.2) is 4.39 Å². The summed E-state index contributed by atoms with van der Waals surface area (Å²) in [5, 5.41) is 53.9. The number of nitrogens with two attached hydrogens (primary N) is 5. The average molecular weight is 541 g/mol. The highest BCUT2D eigenvalue weighted by atomic mass is 19.1. The number of hydrogen-bond donors (Lipinski definition) is 11. The van der Waals surface area contributed by atoms with Gasteiger partial charge in [-0.1, -0.05) is 0 Å². The summed E-state index contributed by atoms with van der Waals surface area (Å²) in [6, 6.07) is -4.34. The van der Waals surface area contributed by atoms with Crippen molar-refractivity contribution in [3.8, 4) is 0 Å². The Labute approximate surface area is 213 Å². The van der Waals surface area contributed by atoms with E-state index in [2.05, 4.69) is 5.32 Å². The van der Waals surface area contributed by atoms with Crippen molar-refractivity contribution >= 4 is 0 Å². The molecule has 3 fully saturated rings. The zero-order chi connectivity index (χ0) is 27.6. The Kier molecular flexibility index (Phi) is 10.6. The van der Waals surface area contributed by atoms with Crippen molar-refractivity contribution in [3.63, 3.8) is 0 Å². The molecule has 1 aliphatic carbocycles. The SMILES string of the molecule is CNC1C(O)C[C@H](/C=C(\N)[C@H](O)O[C@@H]2C(N)C[C@@H](N)C(N)C2F)OC1O[C@H]1OC(CO)[C@@H](N)C(O)C1O. The highest BCUT2D eigenvalue weighted by Gasteiger charge is 2.47. The molecule has 0 bridgehead atoms. The van der Waals surface area contributed by atoms with Crippen molar-refractivity contribution in [1.29, 1.82) is 0 Å². The van der Waals surface area contributed by atoms with Gasteiger partial charge < -0.3 is 78.5 Å². The molecule has 9 unspecified atom stereocenters. The van der Waals surface area contributed by atoms with Gasteiger partial charge in [0.2, 0.25) is 0 Å². The smallest absolute Gasteiger partial charge is 0.196 e. The van der Waals surface area contributed by atoms with E-state index in [4.69, 9.17) is 47.6 Å². The van der Waals surface area contributed by atoms with E-state index in [1.165, 1.54) is 6.08 Å². The zero-order valence-corrected chi connectivity index (χ0v) is 20.5. The Morgan fingerprint density at radius 2 is 1.73 bits per heavy atom. The number of aliphatic hydroxyl groups excluding tert-OH is 5. The van der Waals surface area contributed by atoms with E-state index in [1.807, 2.05) is 0 Å². The minimum Gasteiger partial charge on any atom is -0.398 e. The van der Waals surface area contributed by atoms with Crippen LogP contribution in [0.5, 0.6) is 0 Å². The van der Waals surface area contributed by atoms with Crippen LogP contribution in [0.3, 0.4) is 0 Å². The fourth-order valence-electron chi connectivity index (χ4n) is 4.79. The molecule has 3 rings (SSSR count). The van der Waals surface area contributed by atoms with E-state index in [0.717, 1.165) is 0 Å². The normalized spacial score (nSPS) is 48.6. The molecule has 16 heteroatoms. The van der Waals surface area contributed by atoms with Crippen molar-refractivity contribution in [1.82, 2.24) is 5.32 Å². The Balaban J connectivity index is 1.68. The predicted molar refractivity (Wildman–Crippen MR) is 126 cm³/mol. The molecule has 0 aromatic heterocycles. The van der Waals surface area contributed by atoms with Crippen molar-refractivity contribution < 1.29 is 48.9 Å². The van der Waals surface area contributed by atoms with Gasteiger partial charge in [-0.15, -0.1) is 0 Å². The topological polar surface area (TPSA) is 280 Å². The lowest BCUT2D eigenvalue weighted by Crippen LogP contribution is -2.64. The molecule has 15 atom stereocenters. The lowest BCUT2D eigenvalue weighted by Gasteiger charge is -2.44. The van der Waals surface area contributed by atoms with Crippen molar-refractivity contribution in [2.75, 3.05) is 13.7 Å². The number of halogens is 1. The maximum Gasteiger partial charge on any atom is 0.196 e. The number of aliphatic hydroxyl groups is 5. The maximum atomic E-state index is 14.6. The van der Waals surface area contributed by atoms with E-state index in [9.17, 15) is 29.9 Å². The summed E-state index contributed by atoms with van der Waals surface area (Å²) < 4.78 is 37.0. The van der Waals surface area contributed by atoms with Crippen LogP contribution in [-0.4, -0.2) is 131 Å². The van der Waals surface area contributed by atoms with Gasteiger partial charge in [0.15, 0.2) is 18.9 Å². The zero-order valence-electron chi connectivity index (χ0n) is 20.5. The van der Waals surface area contributed by atoms with Crippen LogP contribution >= 0.6 is 0 Å². The molecular formula is C21H41FN6O9. The molecule has 0 aromatic rings. The Bertz CT molecular complexity index is 772. The van der Waals surface area contributed by atoms with Crippen LogP contribution in [0.1, 0.15) is 12.8 Å². The first kappa shape index (κ1) is 30.5. The summed E-state index contributed by atoms with van der Waals surface area (Å²) in [5.74, 6) is 0. The van der Waals surface area contributed by atoms with Crippen molar-refractivity contribution in [3.05, 3.63) is 11.8 Å². The molecule has 15 nitrogen and oxygen atoms in total. The van der Waals surface area contributed by atoms with Gasteiger partial charge in [-0.2, -0.15) is 0 Å². The van der Waals surface area contributed by atoms with E-state index in [1.54, 1.807) is 7.05 Å². The van der Waals surface area contributed by atoms with Crippen LogP contribution in [0.4, 0.5) is 4.39 Å². The van der Waals surface area contributed by atoms with Crippen LogP contribution in [-0.2, 0) is 18.9 Å². The number of ether oxygens (including phenoxy) is 4. The largest absolute Gasteiger partial charge is 0.398 e. The van der Waals surface area contributed by atoms with Gasteiger partial charge >= 0.3 is 0 Å². The number of rotatable bonds is 8. The van der Waals surface area contributed by atoms with E-state index in [0.29, 0.717) is 0 Å². The molecule has 37 heavy (non-hydrogen) atoms. The minimum atomic E-state index is -1.76. The van der Waals surface area contributed by atoms with Crippen LogP contribution < -0.4 is 34.0 Å². The average Bonchev–Trinajstić information content (AvgIpc) is 2.85. The summed E-state index contributed by atoms with van der Waals surface area (Å²) in [6.07, 6.45) is -11.9. The van der Waals surface area contributed by atoms with Gasteiger partial charge in [0.05, 0.1) is 42.6 Å². The second kappa shape index (κ2) is 12.8. The molecule has 0 amide bonds. The van der Waals surface area contributed by atoms with Crippen molar-refractivity contribution in [2.45, 2.75) is 105 Å². The quantitative estimate of drug-likeness (QED) is 0.128. The van der Waals surface area contributed by atoms with Crippen LogP contribution in [0.25, 0.3) is 0 Å². The second-order valence-electron chi connectivity index (χ2n) is 9.79. The minimum absolute atomic E-state index is 0.0219. The molecule has 3 aliphatic rings. The first-order valence-electron chi connectivity index (χ1n) is 12.1. The van der Waals surface area contributed by atoms with Crippen LogP contribution in [0.15, 0.2) is 11.8 Å². The molecule has 0 spiro atoms. The summed E-state index contributed by atoms with van der Waals surface area (Å²) in [5.41, 5.74) is 29.0. The summed E-state index contributed by atoms with van der Waals surface area (Å²) in [4.78, 5) is 0. The third-order valence-electron chi connectivity index (χ3n) is 7.13. The maximum absolute atomic E-state index is 14.6. The van der Waals surface area contributed by atoms with E-state index < -0.39 is 98.5 Å². The molecule has 2 aliphatic heterocycles. The first-order chi connectivity index (χ1) is 17.4. The first-order valence-corrected chi connectivity index (χ1v) is 12.1. The molecule has 0 aromatic carbocycles. The molecule has 16 N–H and O–H groups in total. The highest BCUT2D eigenvalue weighted by molar-refractivity contribution is 5.08. The predicted octanol–water partition coefficient (Wildman–Crippen LogP) is -5.90. The number of alkyl halides is 1. The lowest BCUT2D eigenvalue weighted by atomic mass is 9.84. The van der Waals surface area contributed by atoms with Gasteiger partial charge in [0.25, 0.3) is 0 Å². The Morgan fingerprint density at radius 1 is 1.05 bits per heavy atom. The fourth-order valence-corrected chi connectivity index (χ4v) is 4.79. The lowest BCUT2D eigenvalue weighted by molar-refractivity contribution is -0.340. The number of likely N-dealkylation sites (N-methyl/N-ethyl adjacent to an activating group) is 1. The molecule has 216 valence electrons. The van der Waals surface area contributed by atoms with Gasteiger partial charge in [-0.05, 0) is 19.5 Å². The van der Waals surface area contributed by atoms with Crippen LogP contribution in [0, 0.1) is 0 Å². The highest BCUT2D eigenvalue weighted by Crippen LogP contribution is 2.29. The van der Waals surface area contributed by atoms with Crippen LogP contribution in [0.2, 0.25) is 0 Å². The monoisotopic (exact) mass is 540 g/mol. The fraction of sp³-hybridized carbons (Fsp3) is 0.905. The Morgan fingerprint density at radius 3 is 2.35 bits per heavy atom. The molecule has 2 heterocycles. The summed E-state index contributed by atoms with van der Waals surface area (Å²) >= 11 is 0. The molecule has 1 saturated carbocycles.